The van der Waals surface area contributed by atoms with Crippen LogP contribution < -0.4 is 15.8 Å². The van der Waals surface area contributed by atoms with Gasteiger partial charge < -0.3 is 26.0 Å². The lowest BCUT2D eigenvalue weighted by molar-refractivity contribution is 0.281. The van der Waals surface area contributed by atoms with Crippen LogP contribution in [0.3, 0.4) is 0 Å². The van der Waals surface area contributed by atoms with E-state index in [1.54, 1.807) is 43.3 Å². The molecule has 0 spiro atoms. The number of rotatable bonds is 6. The number of hydrogen-bond acceptors (Lipinski definition) is 8. The molecule has 7 N–H and O–H groups in total. The summed E-state index contributed by atoms with van der Waals surface area (Å²) in [5, 5.41) is 40.6. The smallest absolute Gasteiger partial charge is 0.229 e. The zero-order chi connectivity index (χ0) is 23.3. The molecule has 1 heterocycles. The van der Waals surface area contributed by atoms with Crippen LogP contribution in [-0.2, 0) is 9.71 Å². The summed E-state index contributed by atoms with van der Waals surface area (Å²) in [6.07, 6.45) is 1.49. The maximum atomic E-state index is 11.8. The van der Waals surface area contributed by atoms with Gasteiger partial charge in [0.25, 0.3) is 0 Å². The standard InChI is InChI=1S/C22H23N5O4S/c1-14(13-28)25-21-16(7-6-15-4-3-5-19(29)20(15)30)12-24-22(27-21)26-17-8-10-18(11-9-17)32(2,23)31/h3-5,8-12,14,28-30H,2,13H2,1H3,(H2,23,31)(H2,24,25,26,27)/t14-,32?/m1/s1. The van der Waals surface area contributed by atoms with Crippen molar-refractivity contribution < 1.29 is 19.5 Å². The monoisotopic (exact) mass is 453 g/mol. The van der Waals surface area contributed by atoms with E-state index in [4.69, 9.17) is 5.14 Å². The Balaban J connectivity index is 1.91. The second-order valence-electron chi connectivity index (χ2n) is 6.98. The molecule has 9 nitrogen and oxygen atoms in total. The van der Waals surface area contributed by atoms with Gasteiger partial charge in [0.2, 0.25) is 5.95 Å². The number of phenols is 2. The van der Waals surface area contributed by atoms with Crippen LogP contribution in [0.25, 0.3) is 0 Å². The van der Waals surface area contributed by atoms with Crippen molar-refractivity contribution in [2.75, 3.05) is 17.2 Å². The van der Waals surface area contributed by atoms with Gasteiger partial charge in [0.15, 0.2) is 11.5 Å². The topological polar surface area (TPSA) is 154 Å². The van der Waals surface area contributed by atoms with Gasteiger partial charge in [-0.05, 0) is 49.2 Å². The molecule has 0 fully saturated rings. The molecule has 0 radical (unpaired) electrons. The zero-order valence-electron chi connectivity index (χ0n) is 17.2. The lowest BCUT2D eigenvalue weighted by atomic mass is 10.1. The lowest BCUT2D eigenvalue weighted by Crippen LogP contribution is -2.21. The highest BCUT2D eigenvalue weighted by Crippen LogP contribution is 2.27. The molecule has 1 unspecified atom stereocenters. The zero-order valence-corrected chi connectivity index (χ0v) is 18.1. The van der Waals surface area contributed by atoms with E-state index in [1.165, 1.54) is 12.3 Å². The van der Waals surface area contributed by atoms with E-state index in [0.717, 1.165) is 0 Å². The highest BCUT2D eigenvalue weighted by atomic mass is 32.2. The Bertz CT molecular complexity index is 1280. The number of aromatic hydroxyl groups is 2. The molecule has 2 atom stereocenters. The van der Waals surface area contributed by atoms with Crippen molar-refractivity contribution in [2.24, 2.45) is 5.14 Å². The molecule has 3 aromatic rings. The van der Waals surface area contributed by atoms with Crippen LogP contribution in [0.2, 0.25) is 0 Å². The van der Waals surface area contributed by atoms with Crippen LogP contribution in [0.1, 0.15) is 18.1 Å². The number of hydrogen-bond donors (Lipinski definition) is 6. The van der Waals surface area contributed by atoms with Gasteiger partial charge in [-0.1, -0.05) is 17.9 Å². The third-order valence-electron chi connectivity index (χ3n) is 4.30. The van der Waals surface area contributed by atoms with Gasteiger partial charge in [-0.15, -0.1) is 0 Å². The third-order valence-corrected chi connectivity index (χ3v) is 5.37. The van der Waals surface area contributed by atoms with Gasteiger partial charge in [0.1, 0.15) is 5.82 Å². The first kappa shape index (κ1) is 22.9. The van der Waals surface area contributed by atoms with Crippen molar-refractivity contribution in [3.05, 3.63) is 59.8 Å². The lowest BCUT2D eigenvalue weighted by Gasteiger charge is -2.14. The van der Waals surface area contributed by atoms with Crippen LogP contribution in [0, 0.1) is 11.8 Å². The van der Waals surface area contributed by atoms with Gasteiger partial charge in [0, 0.05) is 16.6 Å². The van der Waals surface area contributed by atoms with Crippen molar-refractivity contribution in [1.82, 2.24) is 9.97 Å². The average molecular weight is 454 g/mol. The molecular weight excluding hydrogens is 430 g/mol. The largest absolute Gasteiger partial charge is 0.504 e. The van der Waals surface area contributed by atoms with Gasteiger partial charge in [-0.25, -0.2) is 9.19 Å². The van der Waals surface area contributed by atoms with E-state index in [9.17, 15) is 19.5 Å². The number of aliphatic hydroxyl groups excluding tert-OH is 1. The molecule has 2 aromatic carbocycles. The summed E-state index contributed by atoms with van der Waals surface area (Å²) in [6, 6.07) is 10.8. The van der Waals surface area contributed by atoms with E-state index in [0.29, 0.717) is 22.0 Å². The molecule has 0 aliphatic rings. The summed E-state index contributed by atoms with van der Waals surface area (Å²) in [7, 11) is -2.80. The Labute approximate surface area is 186 Å². The van der Waals surface area contributed by atoms with Crippen molar-refractivity contribution in [1.29, 1.82) is 0 Å². The third kappa shape index (κ3) is 5.67. The molecular formula is C22H23N5O4S. The number of nitrogens with zero attached hydrogens (tertiary/aromatic N) is 2. The normalized spacial score (nSPS) is 13.3. The molecule has 0 saturated heterocycles. The van der Waals surface area contributed by atoms with E-state index >= 15 is 0 Å². The molecule has 0 aliphatic carbocycles. The van der Waals surface area contributed by atoms with Crippen LogP contribution in [0.15, 0.2) is 53.6 Å². The molecule has 1 aromatic heterocycles. The van der Waals surface area contributed by atoms with Gasteiger partial charge in [-0.3, -0.25) is 5.14 Å². The molecule has 0 amide bonds. The highest BCUT2D eigenvalue weighted by Gasteiger charge is 2.10. The summed E-state index contributed by atoms with van der Waals surface area (Å²) in [4.78, 5) is 9.11. The fourth-order valence-corrected chi connectivity index (χ4v) is 3.18. The van der Waals surface area contributed by atoms with Crippen LogP contribution in [0.4, 0.5) is 17.5 Å². The fourth-order valence-electron chi connectivity index (χ4n) is 2.59. The Morgan fingerprint density at radius 1 is 1.16 bits per heavy atom. The SMILES string of the molecule is C=S(N)(=O)c1ccc(Nc2ncc(C#Cc3cccc(O)c3O)c(N[C@H](C)CO)n2)cc1. The molecule has 32 heavy (non-hydrogen) atoms. The van der Waals surface area contributed by atoms with E-state index < -0.39 is 9.71 Å². The number of phenolic OH excluding ortho intramolecular Hbond substituents is 2. The number of aliphatic hydroxyl groups is 1. The summed E-state index contributed by atoms with van der Waals surface area (Å²) < 4.78 is 11.8. The minimum Gasteiger partial charge on any atom is -0.504 e. The minimum atomic E-state index is -2.80. The summed E-state index contributed by atoms with van der Waals surface area (Å²) in [5.41, 5.74) is 1.31. The van der Waals surface area contributed by atoms with Gasteiger partial charge in [0.05, 0.1) is 33.6 Å². The minimum absolute atomic E-state index is 0.127. The van der Waals surface area contributed by atoms with Crippen LogP contribution in [0.5, 0.6) is 11.5 Å². The molecule has 3 rings (SSSR count). The number of aromatic nitrogens is 2. The van der Waals surface area contributed by atoms with E-state index in [2.05, 4.69) is 38.3 Å². The highest BCUT2D eigenvalue weighted by molar-refractivity contribution is 7.98. The average Bonchev–Trinajstić information content (AvgIpc) is 2.75. The molecule has 0 aliphatic heterocycles. The van der Waals surface area contributed by atoms with Crippen LogP contribution in [-0.4, -0.2) is 48.0 Å². The Hall–Kier alpha value is -3.78. The fraction of sp³-hybridized carbons (Fsp3) is 0.136. The number of anilines is 3. The predicted molar refractivity (Wildman–Crippen MR) is 125 cm³/mol. The van der Waals surface area contributed by atoms with Crippen molar-refractivity contribution in [3.8, 4) is 23.3 Å². The number of nitrogens with one attached hydrogen (secondary N) is 2. The van der Waals surface area contributed by atoms with Crippen molar-refractivity contribution >= 4 is 33.0 Å². The van der Waals surface area contributed by atoms with Crippen LogP contribution >= 0.6 is 0 Å². The van der Waals surface area contributed by atoms with Crippen molar-refractivity contribution in [2.45, 2.75) is 17.9 Å². The van der Waals surface area contributed by atoms with Crippen molar-refractivity contribution in [3.63, 3.8) is 0 Å². The number of para-hydroxylation sites is 1. The van der Waals surface area contributed by atoms with E-state index in [-0.39, 0.29) is 35.7 Å². The molecule has 0 bridgehead atoms. The molecule has 166 valence electrons. The Morgan fingerprint density at radius 3 is 2.50 bits per heavy atom. The first-order chi connectivity index (χ1) is 15.2. The van der Waals surface area contributed by atoms with Gasteiger partial charge >= 0.3 is 0 Å². The molecule has 10 heteroatoms. The van der Waals surface area contributed by atoms with Gasteiger partial charge in [-0.2, -0.15) is 4.98 Å². The van der Waals surface area contributed by atoms with E-state index in [1.807, 2.05) is 0 Å². The predicted octanol–water partition coefficient (Wildman–Crippen LogP) is 1.77. The number of nitrogens with two attached hydrogens (primary N) is 1. The number of benzene rings is 2. The quantitative estimate of drug-likeness (QED) is 0.188. The second kappa shape index (κ2) is 9.57. The first-order valence-electron chi connectivity index (χ1n) is 9.47. The summed E-state index contributed by atoms with van der Waals surface area (Å²) in [6.45, 7) is 1.65. The summed E-state index contributed by atoms with van der Waals surface area (Å²) in [5.74, 6) is 9.16. The second-order valence-corrected chi connectivity index (χ2v) is 8.91. The Morgan fingerprint density at radius 2 is 1.84 bits per heavy atom. The first-order valence-corrected chi connectivity index (χ1v) is 11.3. The molecule has 0 saturated carbocycles. The Kier molecular flexibility index (Phi) is 6.85. The maximum absolute atomic E-state index is 11.8. The summed E-state index contributed by atoms with van der Waals surface area (Å²) >= 11 is 0. The maximum Gasteiger partial charge on any atom is 0.229 e.